The molecule has 2 N–H and O–H groups in total. The van der Waals surface area contributed by atoms with Crippen LogP contribution in [0.2, 0.25) is 0 Å². The van der Waals surface area contributed by atoms with Crippen LogP contribution < -0.4 is 10.2 Å². The molecule has 1 fully saturated rings. The maximum Gasteiger partial charge on any atom is 0.416 e. The van der Waals surface area contributed by atoms with Crippen LogP contribution in [0.5, 0.6) is 0 Å². The Morgan fingerprint density at radius 1 is 1.20 bits per heavy atom. The molecule has 0 bridgehead atoms. The van der Waals surface area contributed by atoms with Crippen molar-refractivity contribution in [1.82, 2.24) is 0 Å². The zero-order chi connectivity index (χ0) is 14.6. The van der Waals surface area contributed by atoms with Gasteiger partial charge in [-0.05, 0) is 24.3 Å². The second-order valence-electron chi connectivity index (χ2n) is 4.58. The average molecular weight is 290 g/mol. The molecule has 1 aliphatic rings. The number of nitrogens with zero attached hydrogens (tertiary/aromatic N) is 1. The topological polar surface area (TPSA) is 44.7 Å². The van der Waals surface area contributed by atoms with E-state index in [1.54, 1.807) is 12.1 Å². The highest BCUT2D eigenvalue weighted by molar-refractivity contribution is 5.55. The van der Waals surface area contributed by atoms with E-state index < -0.39 is 18.8 Å². The Kier molecular flexibility index (Phi) is 4.72. The molecule has 0 aliphatic carbocycles. The number of ether oxygens (including phenoxy) is 1. The molecule has 1 aromatic carbocycles. The first-order valence-corrected chi connectivity index (χ1v) is 6.38. The van der Waals surface area contributed by atoms with Crippen molar-refractivity contribution >= 4 is 11.4 Å². The highest BCUT2D eigenvalue weighted by Crippen LogP contribution is 2.22. The molecule has 1 aliphatic heterocycles. The molecule has 20 heavy (non-hydrogen) atoms. The molecular weight excluding hydrogens is 273 g/mol. The van der Waals surface area contributed by atoms with Crippen molar-refractivity contribution in [3.63, 3.8) is 0 Å². The van der Waals surface area contributed by atoms with Crippen LogP contribution in [0.3, 0.4) is 0 Å². The quantitative estimate of drug-likeness (QED) is 0.888. The fourth-order valence-corrected chi connectivity index (χ4v) is 1.94. The third-order valence-electron chi connectivity index (χ3n) is 3.12. The lowest BCUT2D eigenvalue weighted by Crippen LogP contribution is -2.36. The summed E-state index contributed by atoms with van der Waals surface area (Å²) in [4.78, 5) is 2.15. The minimum Gasteiger partial charge on any atom is -0.382 e. The van der Waals surface area contributed by atoms with E-state index >= 15 is 0 Å². The zero-order valence-corrected chi connectivity index (χ0v) is 10.9. The number of morpholine rings is 1. The van der Waals surface area contributed by atoms with Crippen molar-refractivity contribution in [1.29, 1.82) is 0 Å². The number of aliphatic hydroxyl groups is 1. The Hall–Kier alpha value is -1.47. The molecule has 2 rings (SSSR count). The third kappa shape index (κ3) is 4.01. The summed E-state index contributed by atoms with van der Waals surface area (Å²) in [5.41, 5.74) is 1.56. The number of hydrogen-bond donors (Lipinski definition) is 2. The minimum atomic E-state index is -4.60. The fraction of sp³-hybridized carbons (Fsp3) is 0.538. The van der Waals surface area contributed by atoms with Crippen LogP contribution in [0, 0.1) is 0 Å². The fourth-order valence-electron chi connectivity index (χ4n) is 1.94. The molecule has 0 saturated carbocycles. The average Bonchev–Trinajstić information content (AvgIpc) is 2.45. The van der Waals surface area contributed by atoms with E-state index in [2.05, 4.69) is 10.2 Å². The minimum absolute atomic E-state index is 0.547. The van der Waals surface area contributed by atoms with Gasteiger partial charge in [-0.3, -0.25) is 0 Å². The van der Waals surface area contributed by atoms with Crippen LogP contribution in [-0.4, -0.2) is 50.2 Å². The van der Waals surface area contributed by atoms with Gasteiger partial charge < -0.3 is 20.1 Å². The molecule has 4 nitrogen and oxygen atoms in total. The van der Waals surface area contributed by atoms with Gasteiger partial charge in [0.25, 0.3) is 0 Å². The number of anilines is 2. The SMILES string of the molecule is OC(CNc1ccc(N2CCOCC2)cc1)C(F)(F)F. The molecule has 7 heteroatoms. The predicted molar refractivity (Wildman–Crippen MR) is 70.0 cm³/mol. The normalized spacial score (nSPS) is 17.9. The van der Waals surface area contributed by atoms with E-state index in [-0.39, 0.29) is 0 Å². The van der Waals surface area contributed by atoms with Crippen LogP contribution in [0.25, 0.3) is 0 Å². The van der Waals surface area contributed by atoms with E-state index in [0.29, 0.717) is 18.9 Å². The van der Waals surface area contributed by atoms with Gasteiger partial charge in [0.2, 0.25) is 0 Å². The first-order chi connectivity index (χ1) is 9.47. The lowest BCUT2D eigenvalue weighted by Gasteiger charge is -2.29. The van der Waals surface area contributed by atoms with Crippen LogP contribution in [-0.2, 0) is 4.74 Å². The van der Waals surface area contributed by atoms with Crippen molar-refractivity contribution in [2.75, 3.05) is 43.1 Å². The van der Waals surface area contributed by atoms with Gasteiger partial charge in [-0.25, -0.2) is 0 Å². The van der Waals surface area contributed by atoms with Crippen LogP contribution in [0.4, 0.5) is 24.5 Å². The lowest BCUT2D eigenvalue weighted by atomic mass is 10.2. The standard InChI is InChI=1S/C13H17F3N2O2/c14-13(15,16)12(19)9-17-10-1-3-11(4-2-10)18-5-7-20-8-6-18/h1-4,12,17,19H,5-9H2. The van der Waals surface area contributed by atoms with Crippen molar-refractivity contribution in [2.24, 2.45) is 0 Å². The van der Waals surface area contributed by atoms with E-state index in [9.17, 15) is 13.2 Å². The summed E-state index contributed by atoms with van der Waals surface area (Å²) in [6.07, 6.45) is -6.96. The maximum atomic E-state index is 12.2. The number of alkyl halides is 3. The number of hydrogen-bond acceptors (Lipinski definition) is 4. The highest BCUT2D eigenvalue weighted by atomic mass is 19.4. The summed E-state index contributed by atoms with van der Waals surface area (Å²) >= 11 is 0. The number of nitrogens with one attached hydrogen (secondary N) is 1. The van der Waals surface area contributed by atoms with Gasteiger partial charge in [-0.1, -0.05) is 0 Å². The summed E-state index contributed by atoms with van der Waals surface area (Å²) in [5.74, 6) is 0. The summed E-state index contributed by atoms with van der Waals surface area (Å²) in [5, 5.41) is 11.5. The number of halogens is 3. The van der Waals surface area contributed by atoms with Gasteiger partial charge in [-0.15, -0.1) is 0 Å². The molecular formula is C13H17F3N2O2. The first kappa shape index (κ1) is 14.9. The van der Waals surface area contributed by atoms with Gasteiger partial charge in [0.15, 0.2) is 6.10 Å². The van der Waals surface area contributed by atoms with Crippen molar-refractivity contribution in [3.8, 4) is 0 Å². The zero-order valence-electron chi connectivity index (χ0n) is 10.9. The summed E-state index contributed by atoms with van der Waals surface area (Å²) in [6.45, 7) is 2.41. The second kappa shape index (κ2) is 6.32. The molecule has 0 spiro atoms. The first-order valence-electron chi connectivity index (χ1n) is 6.38. The number of aliphatic hydroxyl groups excluding tert-OH is 1. The van der Waals surface area contributed by atoms with Crippen molar-refractivity contribution < 1.29 is 23.0 Å². The molecule has 1 aromatic rings. The van der Waals surface area contributed by atoms with Crippen LogP contribution in [0.15, 0.2) is 24.3 Å². The van der Waals surface area contributed by atoms with Gasteiger partial charge in [-0.2, -0.15) is 13.2 Å². The van der Waals surface area contributed by atoms with Gasteiger partial charge in [0, 0.05) is 31.0 Å². The second-order valence-corrected chi connectivity index (χ2v) is 4.58. The molecule has 1 unspecified atom stereocenters. The van der Waals surface area contributed by atoms with Gasteiger partial charge >= 0.3 is 6.18 Å². The van der Waals surface area contributed by atoms with E-state index in [1.165, 1.54) is 0 Å². The van der Waals surface area contributed by atoms with Crippen LogP contribution in [0.1, 0.15) is 0 Å². The van der Waals surface area contributed by atoms with E-state index in [4.69, 9.17) is 9.84 Å². The Morgan fingerprint density at radius 3 is 2.35 bits per heavy atom. The largest absolute Gasteiger partial charge is 0.416 e. The molecule has 1 atom stereocenters. The Labute approximate surface area is 115 Å². The number of rotatable bonds is 4. The highest BCUT2D eigenvalue weighted by Gasteiger charge is 2.37. The van der Waals surface area contributed by atoms with Crippen LogP contribution >= 0.6 is 0 Å². The number of benzene rings is 1. The van der Waals surface area contributed by atoms with E-state index in [1.807, 2.05) is 12.1 Å². The summed E-state index contributed by atoms with van der Waals surface area (Å²) in [7, 11) is 0. The summed E-state index contributed by atoms with van der Waals surface area (Å²) in [6, 6.07) is 7.09. The lowest BCUT2D eigenvalue weighted by molar-refractivity contribution is -0.198. The Balaban J connectivity index is 1.88. The third-order valence-corrected chi connectivity index (χ3v) is 3.12. The van der Waals surface area contributed by atoms with E-state index in [0.717, 1.165) is 18.8 Å². The molecule has 0 amide bonds. The smallest absolute Gasteiger partial charge is 0.382 e. The monoisotopic (exact) mass is 290 g/mol. The van der Waals surface area contributed by atoms with Gasteiger partial charge in [0.1, 0.15) is 0 Å². The molecule has 0 aromatic heterocycles. The maximum absolute atomic E-state index is 12.2. The predicted octanol–water partition coefficient (Wildman–Crippen LogP) is 1.86. The molecule has 1 saturated heterocycles. The summed E-state index contributed by atoms with van der Waals surface area (Å²) < 4.78 is 41.7. The molecule has 112 valence electrons. The van der Waals surface area contributed by atoms with Crippen molar-refractivity contribution in [2.45, 2.75) is 12.3 Å². The van der Waals surface area contributed by atoms with Crippen molar-refractivity contribution in [3.05, 3.63) is 24.3 Å². The Bertz CT molecular complexity index is 417. The Morgan fingerprint density at radius 2 is 1.80 bits per heavy atom. The molecule has 0 radical (unpaired) electrons. The van der Waals surface area contributed by atoms with Gasteiger partial charge in [0.05, 0.1) is 13.2 Å². The molecule has 1 heterocycles.